The summed E-state index contributed by atoms with van der Waals surface area (Å²) in [6, 6.07) is 12.7. The van der Waals surface area contributed by atoms with Gasteiger partial charge in [0.1, 0.15) is 18.9 Å². The normalized spacial score (nSPS) is 15.1. The monoisotopic (exact) mass is 523 g/mol. The van der Waals surface area contributed by atoms with Crippen molar-refractivity contribution in [1.29, 1.82) is 0 Å². The lowest BCUT2D eigenvalue weighted by molar-refractivity contribution is -0.149. The highest BCUT2D eigenvalue weighted by Crippen LogP contribution is 2.35. The molecule has 0 atom stereocenters. The Bertz CT molecular complexity index is 1040. The number of benzene rings is 2. The Hall–Kier alpha value is -2.29. The minimum absolute atomic E-state index is 0.205. The first-order valence-electron chi connectivity index (χ1n) is 9.34. The van der Waals surface area contributed by atoms with E-state index in [1.165, 1.54) is 0 Å². The number of rotatable bonds is 7. The zero-order chi connectivity index (χ0) is 22.5. The molecule has 1 aliphatic heterocycles. The SMILES string of the molecule is CC(C)OC(=O)CN1C(=O)S/C(=C\c2cc(Br)ccc2OCc2ccc(Cl)cc2)C1=O. The first-order valence-corrected chi connectivity index (χ1v) is 11.3. The van der Waals surface area contributed by atoms with Crippen LogP contribution in [-0.4, -0.2) is 34.7 Å². The van der Waals surface area contributed by atoms with Gasteiger partial charge in [-0.05, 0) is 67.6 Å². The van der Waals surface area contributed by atoms with Gasteiger partial charge in [0.2, 0.25) is 0 Å². The molecule has 0 N–H and O–H groups in total. The summed E-state index contributed by atoms with van der Waals surface area (Å²) in [4.78, 5) is 37.9. The molecule has 0 spiro atoms. The maximum atomic E-state index is 12.7. The van der Waals surface area contributed by atoms with E-state index >= 15 is 0 Å². The predicted octanol–water partition coefficient (Wildman–Crippen LogP) is 5.67. The predicted molar refractivity (Wildman–Crippen MR) is 124 cm³/mol. The van der Waals surface area contributed by atoms with E-state index in [4.69, 9.17) is 21.1 Å². The highest BCUT2D eigenvalue weighted by molar-refractivity contribution is 9.10. The van der Waals surface area contributed by atoms with Gasteiger partial charge in [0, 0.05) is 15.1 Å². The maximum Gasteiger partial charge on any atom is 0.326 e. The van der Waals surface area contributed by atoms with Crippen LogP contribution in [0.4, 0.5) is 4.79 Å². The summed E-state index contributed by atoms with van der Waals surface area (Å²) in [6.07, 6.45) is 1.26. The fraction of sp³-hybridized carbons (Fsp3) is 0.227. The quantitative estimate of drug-likeness (QED) is 0.343. The van der Waals surface area contributed by atoms with Gasteiger partial charge in [0.05, 0.1) is 11.0 Å². The van der Waals surface area contributed by atoms with Crippen LogP contribution in [0.3, 0.4) is 0 Å². The molecule has 9 heteroatoms. The van der Waals surface area contributed by atoms with E-state index in [2.05, 4.69) is 15.9 Å². The van der Waals surface area contributed by atoms with E-state index in [1.807, 2.05) is 18.2 Å². The lowest BCUT2D eigenvalue weighted by Gasteiger charge is -2.13. The van der Waals surface area contributed by atoms with Gasteiger partial charge in [-0.2, -0.15) is 0 Å². The first-order chi connectivity index (χ1) is 14.7. The fourth-order valence-electron chi connectivity index (χ4n) is 2.71. The van der Waals surface area contributed by atoms with Crippen molar-refractivity contribution in [1.82, 2.24) is 4.90 Å². The molecule has 31 heavy (non-hydrogen) atoms. The van der Waals surface area contributed by atoms with Gasteiger partial charge in [-0.1, -0.05) is 39.7 Å². The lowest BCUT2D eigenvalue weighted by Crippen LogP contribution is -2.35. The van der Waals surface area contributed by atoms with Gasteiger partial charge < -0.3 is 9.47 Å². The molecule has 1 heterocycles. The summed E-state index contributed by atoms with van der Waals surface area (Å²) in [5, 5.41) is 0.122. The van der Waals surface area contributed by atoms with Crippen LogP contribution >= 0.6 is 39.3 Å². The van der Waals surface area contributed by atoms with Crippen molar-refractivity contribution in [2.75, 3.05) is 6.54 Å². The summed E-state index contributed by atoms with van der Waals surface area (Å²) in [7, 11) is 0. The third kappa shape index (κ3) is 6.35. The topological polar surface area (TPSA) is 72.9 Å². The molecular formula is C22H19BrClNO5S. The third-order valence-electron chi connectivity index (χ3n) is 4.09. The van der Waals surface area contributed by atoms with Crippen LogP contribution < -0.4 is 4.74 Å². The Morgan fingerprint density at radius 1 is 1.19 bits per heavy atom. The Labute approximate surface area is 197 Å². The number of hydrogen-bond donors (Lipinski definition) is 0. The van der Waals surface area contributed by atoms with Gasteiger partial charge in [0.25, 0.3) is 11.1 Å². The van der Waals surface area contributed by atoms with Crippen LogP contribution in [0.5, 0.6) is 5.75 Å². The van der Waals surface area contributed by atoms with Crippen molar-refractivity contribution in [3.05, 3.63) is 68.0 Å². The van der Waals surface area contributed by atoms with E-state index in [0.29, 0.717) is 22.9 Å². The number of hydrogen-bond acceptors (Lipinski definition) is 6. The number of nitrogens with zero attached hydrogens (tertiary/aromatic N) is 1. The Morgan fingerprint density at radius 2 is 1.90 bits per heavy atom. The van der Waals surface area contributed by atoms with Gasteiger partial charge in [-0.25, -0.2) is 0 Å². The molecule has 1 fully saturated rings. The van der Waals surface area contributed by atoms with Crippen molar-refractivity contribution < 1.29 is 23.9 Å². The minimum Gasteiger partial charge on any atom is -0.488 e. The number of thioether (sulfide) groups is 1. The highest BCUT2D eigenvalue weighted by atomic mass is 79.9. The molecule has 2 aromatic carbocycles. The van der Waals surface area contributed by atoms with Crippen molar-refractivity contribution in [2.24, 2.45) is 0 Å². The third-order valence-corrected chi connectivity index (χ3v) is 5.75. The molecule has 2 amide bonds. The maximum absolute atomic E-state index is 12.7. The minimum atomic E-state index is -0.631. The van der Waals surface area contributed by atoms with Gasteiger partial charge in [-0.15, -0.1) is 0 Å². The number of carbonyl (C=O) groups excluding carboxylic acids is 3. The zero-order valence-corrected chi connectivity index (χ0v) is 19.9. The molecule has 0 aromatic heterocycles. The first kappa shape index (κ1) is 23.4. The van der Waals surface area contributed by atoms with Crippen LogP contribution in [0.25, 0.3) is 6.08 Å². The molecule has 0 saturated carbocycles. The van der Waals surface area contributed by atoms with Crippen molar-refractivity contribution in [2.45, 2.75) is 26.6 Å². The largest absolute Gasteiger partial charge is 0.488 e. The van der Waals surface area contributed by atoms with E-state index in [1.54, 1.807) is 44.2 Å². The summed E-state index contributed by atoms with van der Waals surface area (Å²) in [5.74, 6) is -0.628. The van der Waals surface area contributed by atoms with E-state index < -0.39 is 23.7 Å². The standard InChI is InChI=1S/C22H19BrClNO5S/c1-13(2)30-20(26)11-25-21(27)19(31-22(25)28)10-15-9-16(23)5-8-18(15)29-12-14-3-6-17(24)7-4-14/h3-10,13H,11-12H2,1-2H3/b19-10-. The van der Waals surface area contributed by atoms with E-state index in [9.17, 15) is 14.4 Å². The van der Waals surface area contributed by atoms with E-state index in [0.717, 1.165) is 26.7 Å². The van der Waals surface area contributed by atoms with Crippen LogP contribution in [0.15, 0.2) is 51.8 Å². The zero-order valence-electron chi connectivity index (χ0n) is 16.8. The van der Waals surface area contributed by atoms with Crippen molar-refractivity contribution in [3.8, 4) is 5.75 Å². The molecule has 2 aromatic rings. The van der Waals surface area contributed by atoms with Gasteiger partial charge in [0.15, 0.2) is 0 Å². The molecule has 6 nitrogen and oxygen atoms in total. The molecular weight excluding hydrogens is 506 g/mol. The highest BCUT2D eigenvalue weighted by Gasteiger charge is 2.37. The van der Waals surface area contributed by atoms with Crippen molar-refractivity contribution in [3.63, 3.8) is 0 Å². The number of imide groups is 1. The molecule has 162 valence electrons. The van der Waals surface area contributed by atoms with Gasteiger partial charge >= 0.3 is 5.97 Å². The fourth-order valence-corrected chi connectivity index (χ4v) is 4.05. The number of amides is 2. The second-order valence-electron chi connectivity index (χ2n) is 6.90. The van der Waals surface area contributed by atoms with Crippen LogP contribution in [0, 0.1) is 0 Å². The Kier molecular flexibility index (Phi) is 7.80. The summed E-state index contributed by atoms with van der Waals surface area (Å²) >= 11 is 10.1. The molecule has 3 rings (SSSR count). The van der Waals surface area contributed by atoms with Crippen LogP contribution in [-0.2, 0) is 20.9 Å². The molecule has 1 saturated heterocycles. The number of halogens is 2. The van der Waals surface area contributed by atoms with Crippen LogP contribution in [0.2, 0.25) is 5.02 Å². The average Bonchev–Trinajstić information content (AvgIpc) is 2.95. The molecule has 1 aliphatic rings. The molecule has 0 aliphatic carbocycles. The second-order valence-corrected chi connectivity index (χ2v) is 9.25. The van der Waals surface area contributed by atoms with Crippen molar-refractivity contribution >= 4 is 62.5 Å². The Balaban J connectivity index is 1.78. The Morgan fingerprint density at radius 3 is 2.58 bits per heavy atom. The molecule has 0 bridgehead atoms. The van der Waals surface area contributed by atoms with Crippen LogP contribution in [0.1, 0.15) is 25.0 Å². The number of esters is 1. The van der Waals surface area contributed by atoms with E-state index in [-0.39, 0.29) is 11.0 Å². The van der Waals surface area contributed by atoms with Gasteiger partial charge in [-0.3, -0.25) is 19.3 Å². The smallest absolute Gasteiger partial charge is 0.326 e. The number of carbonyl (C=O) groups is 3. The second kappa shape index (κ2) is 10.3. The molecule has 0 unspecified atom stereocenters. The number of ether oxygens (including phenoxy) is 2. The average molecular weight is 525 g/mol. The summed E-state index contributed by atoms with van der Waals surface area (Å²) in [6.45, 7) is 3.29. The summed E-state index contributed by atoms with van der Waals surface area (Å²) < 4.78 is 11.7. The lowest BCUT2D eigenvalue weighted by atomic mass is 10.1. The molecule has 0 radical (unpaired) electrons. The summed E-state index contributed by atoms with van der Waals surface area (Å²) in [5.41, 5.74) is 1.56.